The van der Waals surface area contributed by atoms with Crippen molar-refractivity contribution in [2.45, 2.75) is 32.4 Å². The Hall–Kier alpha value is -3.06. The van der Waals surface area contributed by atoms with Gasteiger partial charge in [-0.1, -0.05) is 25.1 Å². The number of para-hydroxylation sites is 1. The number of nitrogens with one attached hydrogen (secondary N) is 1. The molecule has 7 heteroatoms. The molecule has 152 valence electrons. The SMILES string of the molecule is CC[C@](C)(N)CNC(=O)c1ccnc2c(OCc3c(F)cccc3F)cccc12. The number of halogens is 2. The van der Waals surface area contributed by atoms with Crippen LogP contribution in [-0.2, 0) is 6.61 Å². The first-order valence-corrected chi connectivity index (χ1v) is 9.33. The number of amides is 1. The van der Waals surface area contributed by atoms with Gasteiger partial charge >= 0.3 is 0 Å². The fourth-order valence-corrected chi connectivity index (χ4v) is 2.79. The molecule has 3 aromatic rings. The summed E-state index contributed by atoms with van der Waals surface area (Å²) in [6.07, 6.45) is 2.21. The van der Waals surface area contributed by atoms with E-state index < -0.39 is 17.2 Å². The van der Waals surface area contributed by atoms with E-state index in [9.17, 15) is 13.6 Å². The van der Waals surface area contributed by atoms with Crippen LogP contribution in [0.25, 0.3) is 10.9 Å². The Labute approximate surface area is 167 Å². The third-order valence-corrected chi connectivity index (χ3v) is 4.87. The van der Waals surface area contributed by atoms with Gasteiger partial charge in [-0.2, -0.15) is 0 Å². The summed E-state index contributed by atoms with van der Waals surface area (Å²) < 4.78 is 33.3. The number of carbonyl (C=O) groups is 1. The lowest BCUT2D eigenvalue weighted by Gasteiger charge is -2.23. The number of hydrogen-bond donors (Lipinski definition) is 2. The van der Waals surface area contributed by atoms with Crippen LogP contribution in [0.15, 0.2) is 48.7 Å². The van der Waals surface area contributed by atoms with Gasteiger partial charge in [-0.3, -0.25) is 9.78 Å². The van der Waals surface area contributed by atoms with Gasteiger partial charge in [0.05, 0.1) is 11.1 Å². The molecule has 0 bridgehead atoms. The standard InChI is InChI=1S/C22H23F2N3O2/c1-3-22(2,25)13-27-21(28)15-10-11-26-20-14(15)6-4-9-19(20)29-12-16-17(23)7-5-8-18(16)24/h4-11H,3,12-13,25H2,1-2H3,(H,27,28)/t22-/m0/s1. The summed E-state index contributed by atoms with van der Waals surface area (Å²) in [6.45, 7) is 3.86. The molecule has 1 heterocycles. The first-order valence-electron chi connectivity index (χ1n) is 9.33. The van der Waals surface area contributed by atoms with Crippen molar-refractivity contribution in [2.75, 3.05) is 6.54 Å². The average molecular weight is 399 g/mol. The van der Waals surface area contributed by atoms with Crippen LogP contribution in [-0.4, -0.2) is 23.0 Å². The normalized spacial score (nSPS) is 13.1. The Kier molecular flexibility index (Phi) is 6.08. The Bertz CT molecular complexity index is 1020. The van der Waals surface area contributed by atoms with E-state index in [1.165, 1.54) is 24.4 Å². The lowest BCUT2D eigenvalue weighted by molar-refractivity contribution is 0.0946. The molecule has 5 nitrogen and oxygen atoms in total. The van der Waals surface area contributed by atoms with Crippen molar-refractivity contribution in [3.63, 3.8) is 0 Å². The predicted molar refractivity (Wildman–Crippen MR) is 108 cm³/mol. The number of hydrogen-bond acceptors (Lipinski definition) is 4. The van der Waals surface area contributed by atoms with Gasteiger partial charge in [-0.05, 0) is 37.6 Å². The highest BCUT2D eigenvalue weighted by molar-refractivity contribution is 6.07. The average Bonchev–Trinajstić information content (AvgIpc) is 2.71. The highest BCUT2D eigenvalue weighted by atomic mass is 19.1. The molecule has 0 aliphatic rings. The highest BCUT2D eigenvalue weighted by Gasteiger charge is 2.19. The number of aromatic nitrogens is 1. The van der Waals surface area contributed by atoms with Crippen LogP contribution in [0.2, 0.25) is 0 Å². The van der Waals surface area contributed by atoms with Gasteiger partial charge in [0.25, 0.3) is 5.91 Å². The van der Waals surface area contributed by atoms with Crippen molar-refractivity contribution >= 4 is 16.8 Å². The number of fused-ring (bicyclic) bond motifs is 1. The quantitative estimate of drug-likeness (QED) is 0.631. The molecule has 0 saturated carbocycles. The minimum atomic E-state index is -0.681. The number of rotatable bonds is 7. The Balaban J connectivity index is 1.86. The fourth-order valence-electron chi connectivity index (χ4n) is 2.79. The van der Waals surface area contributed by atoms with E-state index in [0.29, 0.717) is 28.8 Å². The molecule has 29 heavy (non-hydrogen) atoms. The van der Waals surface area contributed by atoms with Gasteiger partial charge in [0.15, 0.2) is 0 Å². The first-order chi connectivity index (χ1) is 13.8. The summed E-state index contributed by atoms with van der Waals surface area (Å²) in [6, 6.07) is 10.3. The van der Waals surface area contributed by atoms with Crippen LogP contribution in [0.1, 0.15) is 36.2 Å². The summed E-state index contributed by atoms with van der Waals surface area (Å²) in [5, 5.41) is 3.42. The fraction of sp³-hybridized carbons (Fsp3) is 0.273. The van der Waals surface area contributed by atoms with Crippen LogP contribution >= 0.6 is 0 Å². The second-order valence-electron chi connectivity index (χ2n) is 7.19. The minimum absolute atomic E-state index is 0.166. The maximum atomic E-state index is 13.8. The van der Waals surface area contributed by atoms with Crippen molar-refractivity contribution in [1.82, 2.24) is 10.3 Å². The van der Waals surface area contributed by atoms with Crippen LogP contribution in [0, 0.1) is 11.6 Å². The summed E-state index contributed by atoms with van der Waals surface area (Å²) in [7, 11) is 0. The number of nitrogens with two attached hydrogens (primary N) is 1. The van der Waals surface area contributed by atoms with Gasteiger partial charge in [0, 0.05) is 23.7 Å². The van der Waals surface area contributed by atoms with E-state index in [4.69, 9.17) is 10.5 Å². The van der Waals surface area contributed by atoms with Crippen molar-refractivity contribution in [2.24, 2.45) is 5.73 Å². The maximum Gasteiger partial charge on any atom is 0.252 e. The molecule has 1 aromatic heterocycles. The second-order valence-corrected chi connectivity index (χ2v) is 7.19. The highest BCUT2D eigenvalue weighted by Crippen LogP contribution is 2.27. The molecular weight excluding hydrogens is 376 g/mol. The van der Waals surface area contributed by atoms with Crippen molar-refractivity contribution in [1.29, 1.82) is 0 Å². The van der Waals surface area contributed by atoms with Gasteiger partial charge in [-0.25, -0.2) is 8.78 Å². The van der Waals surface area contributed by atoms with Crippen molar-refractivity contribution in [3.8, 4) is 5.75 Å². The number of benzene rings is 2. The molecular formula is C22H23F2N3O2. The number of pyridine rings is 1. The number of ether oxygens (including phenoxy) is 1. The molecule has 1 amide bonds. The molecule has 0 aliphatic carbocycles. The molecule has 0 aliphatic heterocycles. The van der Waals surface area contributed by atoms with E-state index in [0.717, 1.165) is 6.42 Å². The Morgan fingerprint density at radius 1 is 1.17 bits per heavy atom. The molecule has 0 fully saturated rings. The summed E-state index contributed by atoms with van der Waals surface area (Å²) in [5.41, 5.74) is 6.27. The third kappa shape index (κ3) is 4.68. The van der Waals surface area contributed by atoms with Crippen LogP contribution in [0.4, 0.5) is 8.78 Å². The molecule has 0 saturated heterocycles. The van der Waals surface area contributed by atoms with E-state index in [2.05, 4.69) is 10.3 Å². The monoisotopic (exact) mass is 399 g/mol. The maximum absolute atomic E-state index is 13.8. The lowest BCUT2D eigenvalue weighted by Crippen LogP contribution is -2.47. The smallest absolute Gasteiger partial charge is 0.252 e. The van der Waals surface area contributed by atoms with E-state index in [-0.39, 0.29) is 18.1 Å². The van der Waals surface area contributed by atoms with Gasteiger partial charge in [0.2, 0.25) is 0 Å². The molecule has 0 unspecified atom stereocenters. The number of carbonyl (C=O) groups excluding carboxylic acids is 1. The van der Waals surface area contributed by atoms with E-state index >= 15 is 0 Å². The molecule has 3 rings (SSSR count). The lowest BCUT2D eigenvalue weighted by atomic mass is 10.0. The van der Waals surface area contributed by atoms with Gasteiger partial charge in [-0.15, -0.1) is 0 Å². The summed E-state index contributed by atoms with van der Waals surface area (Å²) in [5.74, 6) is -1.31. The minimum Gasteiger partial charge on any atom is -0.486 e. The predicted octanol–water partition coefficient (Wildman–Crippen LogP) is 3.95. The number of nitrogens with zero attached hydrogens (tertiary/aromatic N) is 1. The molecule has 1 atom stereocenters. The molecule has 0 spiro atoms. The Morgan fingerprint density at radius 2 is 1.86 bits per heavy atom. The molecule has 3 N–H and O–H groups in total. The van der Waals surface area contributed by atoms with Crippen LogP contribution < -0.4 is 15.8 Å². The zero-order chi connectivity index (χ0) is 21.0. The zero-order valence-corrected chi connectivity index (χ0v) is 16.3. The molecule has 2 aromatic carbocycles. The van der Waals surface area contributed by atoms with Gasteiger partial charge < -0.3 is 15.8 Å². The Morgan fingerprint density at radius 3 is 2.55 bits per heavy atom. The van der Waals surface area contributed by atoms with Crippen molar-refractivity contribution < 1.29 is 18.3 Å². The summed E-state index contributed by atoms with van der Waals surface area (Å²) >= 11 is 0. The van der Waals surface area contributed by atoms with Crippen LogP contribution in [0.3, 0.4) is 0 Å². The molecule has 0 radical (unpaired) electrons. The second kappa shape index (κ2) is 8.53. The third-order valence-electron chi connectivity index (χ3n) is 4.87. The van der Waals surface area contributed by atoms with E-state index in [1.54, 1.807) is 24.3 Å². The van der Waals surface area contributed by atoms with E-state index in [1.807, 2.05) is 13.8 Å². The van der Waals surface area contributed by atoms with Crippen molar-refractivity contribution in [3.05, 3.63) is 71.4 Å². The van der Waals surface area contributed by atoms with Gasteiger partial charge in [0.1, 0.15) is 29.5 Å². The zero-order valence-electron chi connectivity index (χ0n) is 16.3. The topological polar surface area (TPSA) is 77.2 Å². The van der Waals surface area contributed by atoms with Crippen LogP contribution in [0.5, 0.6) is 5.75 Å². The largest absolute Gasteiger partial charge is 0.486 e. The first kappa shape index (κ1) is 20.7. The summed E-state index contributed by atoms with van der Waals surface area (Å²) in [4.78, 5) is 17.0.